The molecule has 0 atom stereocenters. The summed E-state index contributed by atoms with van der Waals surface area (Å²) >= 11 is 0. The zero-order valence-electron chi connectivity index (χ0n) is 18.0. The number of carbonyl (C=O) groups excluding carboxylic acids is 3. The normalized spacial score (nSPS) is 14.6. The van der Waals surface area contributed by atoms with Gasteiger partial charge in [-0.25, -0.2) is 9.48 Å². The lowest BCUT2D eigenvalue weighted by Crippen LogP contribution is -2.42. The molecule has 0 radical (unpaired) electrons. The number of amides is 1. The molecule has 0 spiro atoms. The summed E-state index contributed by atoms with van der Waals surface area (Å²) in [7, 11) is 1.36. The molecule has 1 fully saturated rings. The highest BCUT2D eigenvalue weighted by atomic mass is 16.5. The molecule has 1 amide bonds. The van der Waals surface area contributed by atoms with E-state index in [9.17, 15) is 14.4 Å². The molecule has 2 aromatic rings. The zero-order chi connectivity index (χ0) is 22.4. The van der Waals surface area contributed by atoms with Gasteiger partial charge in [-0.1, -0.05) is 18.2 Å². The minimum Gasteiger partial charge on any atom is -0.469 e. The van der Waals surface area contributed by atoms with Crippen molar-refractivity contribution in [3.63, 3.8) is 0 Å². The lowest BCUT2D eigenvalue weighted by Gasteiger charge is -2.30. The standard InChI is InChI=1S/C23H27N3O5/c1-16-20(17(2)26(24-16)19-7-5-4-6-8-19)9-10-22(28)31-15-21(27)25-13-11-18(12-14-25)23(29)30-3/h4-10,18H,11-15H2,1-3H3/b10-9+. The number of methoxy groups -OCH3 is 1. The quantitative estimate of drug-likeness (QED) is 0.522. The minimum absolute atomic E-state index is 0.178. The summed E-state index contributed by atoms with van der Waals surface area (Å²) in [6, 6.07) is 9.73. The van der Waals surface area contributed by atoms with E-state index in [0.29, 0.717) is 25.9 Å². The van der Waals surface area contributed by atoms with Crippen LogP contribution < -0.4 is 0 Å². The predicted molar refractivity (Wildman–Crippen MR) is 114 cm³/mol. The van der Waals surface area contributed by atoms with Crippen LogP contribution in [-0.4, -0.2) is 59.3 Å². The second-order valence-electron chi connectivity index (χ2n) is 7.45. The number of hydrogen-bond acceptors (Lipinski definition) is 6. The topological polar surface area (TPSA) is 90.7 Å². The van der Waals surface area contributed by atoms with Gasteiger partial charge >= 0.3 is 11.9 Å². The fourth-order valence-corrected chi connectivity index (χ4v) is 3.67. The minimum atomic E-state index is -0.593. The van der Waals surface area contributed by atoms with E-state index in [1.54, 1.807) is 11.0 Å². The number of piperidine rings is 1. The molecule has 0 aliphatic carbocycles. The van der Waals surface area contributed by atoms with E-state index in [0.717, 1.165) is 22.6 Å². The molecule has 8 nitrogen and oxygen atoms in total. The van der Waals surface area contributed by atoms with Crippen LogP contribution in [0, 0.1) is 19.8 Å². The first kappa shape index (κ1) is 22.3. The SMILES string of the molecule is COC(=O)C1CCN(C(=O)COC(=O)/C=C/c2c(C)nn(-c3ccccc3)c2C)CC1. The van der Waals surface area contributed by atoms with Crippen molar-refractivity contribution in [2.24, 2.45) is 5.92 Å². The maximum Gasteiger partial charge on any atom is 0.331 e. The summed E-state index contributed by atoms with van der Waals surface area (Å²) in [5.41, 5.74) is 3.45. The largest absolute Gasteiger partial charge is 0.469 e. The highest BCUT2D eigenvalue weighted by Gasteiger charge is 2.28. The monoisotopic (exact) mass is 425 g/mol. The van der Waals surface area contributed by atoms with Gasteiger partial charge in [-0.3, -0.25) is 9.59 Å². The van der Waals surface area contributed by atoms with E-state index in [1.807, 2.05) is 48.9 Å². The Morgan fingerprint density at radius 3 is 2.45 bits per heavy atom. The fraction of sp³-hybridized carbons (Fsp3) is 0.391. The predicted octanol–water partition coefficient (Wildman–Crippen LogP) is 2.46. The van der Waals surface area contributed by atoms with Gasteiger partial charge in [0.05, 0.1) is 24.4 Å². The van der Waals surface area contributed by atoms with Crippen LogP contribution >= 0.6 is 0 Å². The Bertz CT molecular complexity index is 973. The number of aryl methyl sites for hydroxylation is 1. The fourth-order valence-electron chi connectivity index (χ4n) is 3.67. The van der Waals surface area contributed by atoms with Gasteiger partial charge in [0.25, 0.3) is 5.91 Å². The Labute approximate surface area is 181 Å². The van der Waals surface area contributed by atoms with Crippen molar-refractivity contribution in [1.29, 1.82) is 0 Å². The Kier molecular flexibility index (Phi) is 7.23. The molecule has 3 rings (SSSR count). The molecule has 1 aromatic heterocycles. The number of carbonyl (C=O) groups is 3. The molecule has 1 saturated heterocycles. The Balaban J connectivity index is 1.53. The van der Waals surface area contributed by atoms with Crippen LogP contribution in [0.4, 0.5) is 0 Å². The molecular weight excluding hydrogens is 398 g/mol. The van der Waals surface area contributed by atoms with Crippen molar-refractivity contribution < 1.29 is 23.9 Å². The van der Waals surface area contributed by atoms with Gasteiger partial charge in [0.2, 0.25) is 0 Å². The molecule has 164 valence electrons. The number of benzene rings is 1. The van der Waals surface area contributed by atoms with E-state index >= 15 is 0 Å². The van der Waals surface area contributed by atoms with Crippen LogP contribution in [0.1, 0.15) is 29.8 Å². The second-order valence-corrected chi connectivity index (χ2v) is 7.45. The van der Waals surface area contributed by atoms with Gasteiger partial charge in [-0.05, 0) is 44.9 Å². The molecule has 0 bridgehead atoms. The zero-order valence-corrected chi connectivity index (χ0v) is 18.0. The van der Waals surface area contributed by atoms with Crippen LogP contribution in [-0.2, 0) is 23.9 Å². The van der Waals surface area contributed by atoms with E-state index in [-0.39, 0.29) is 24.4 Å². The Morgan fingerprint density at radius 1 is 1.13 bits per heavy atom. The second kappa shape index (κ2) is 10.1. The lowest BCUT2D eigenvalue weighted by molar-refractivity contribution is -0.151. The average Bonchev–Trinajstić information content (AvgIpc) is 3.09. The first-order valence-electron chi connectivity index (χ1n) is 10.2. The average molecular weight is 425 g/mol. The number of esters is 2. The molecule has 1 aliphatic heterocycles. The first-order valence-corrected chi connectivity index (χ1v) is 10.2. The van der Waals surface area contributed by atoms with Crippen molar-refractivity contribution in [1.82, 2.24) is 14.7 Å². The van der Waals surface area contributed by atoms with Gasteiger partial charge in [0.1, 0.15) is 0 Å². The lowest BCUT2D eigenvalue weighted by atomic mass is 9.97. The maximum atomic E-state index is 12.3. The van der Waals surface area contributed by atoms with Crippen molar-refractivity contribution in [3.8, 4) is 5.69 Å². The maximum absolute atomic E-state index is 12.3. The highest BCUT2D eigenvalue weighted by Crippen LogP contribution is 2.20. The van der Waals surface area contributed by atoms with Gasteiger partial charge in [-0.15, -0.1) is 0 Å². The molecule has 2 heterocycles. The Hall–Kier alpha value is -3.42. The number of likely N-dealkylation sites (tertiary alicyclic amines) is 1. The van der Waals surface area contributed by atoms with Crippen LogP contribution in [0.3, 0.4) is 0 Å². The number of aromatic nitrogens is 2. The summed E-state index contributed by atoms with van der Waals surface area (Å²) in [6.07, 6.45) is 4.07. The van der Waals surface area contributed by atoms with E-state index < -0.39 is 5.97 Å². The summed E-state index contributed by atoms with van der Waals surface area (Å²) < 4.78 is 11.7. The van der Waals surface area contributed by atoms with Gasteiger partial charge in [0.15, 0.2) is 6.61 Å². The third kappa shape index (κ3) is 5.39. The number of ether oxygens (including phenoxy) is 2. The molecule has 1 aliphatic rings. The molecule has 8 heteroatoms. The molecule has 1 aromatic carbocycles. The van der Waals surface area contributed by atoms with Crippen LogP contribution in [0.5, 0.6) is 0 Å². The number of para-hydroxylation sites is 1. The van der Waals surface area contributed by atoms with Gasteiger partial charge in [0, 0.05) is 30.4 Å². The smallest absolute Gasteiger partial charge is 0.331 e. The van der Waals surface area contributed by atoms with Gasteiger partial charge < -0.3 is 14.4 Å². The van der Waals surface area contributed by atoms with Gasteiger partial charge in [-0.2, -0.15) is 5.10 Å². The van der Waals surface area contributed by atoms with Crippen LogP contribution in [0.15, 0.2) is 36.4 Å². The number of rotatable bonds is 6. The summed E-state index contributed by atoms with van der Waals surface area (Å²) in [6.45, 7) is 4.37. The van der Waals surface area contributed by atoms with Crippen molar-refractivity contribution in [2.45, 2.75) is 26.7 Å². The number of nitrogens with zero attached hydrogens (tertiary/aromatic N) is 3. The molecule has 31 heavy (non-hydrogen) atoms. The number of hydrogen-bond donors (Lipinski definition) is 0. The van der Waals surface area contributed by atoms with E-state index in [2.05, 4.69) is 5.10 Å². The summed E-state index contributed by atoms with van der Waals surface area (Å²) in [5.74, 6) is -1.29. The first-order chi connectivity index (χ1) is 14.9. The summed E-state index contributed by atoms with van der Waals surface area (Å²) in [5, 5.41) is 4.54. The van der Waals surface area contributed by atoms with E-state index in [4.69, 9.17) is 9.47 Å². The van der Waals surface area contributed by atoms with Crippen molar-refractivity contribution >= 4 is 23.9 Å². The van der Waals surface area contributed by atoms with Crippen LogP contribution in [0.2, 0.25) is 0 Å². The van der Waals surface area contributed by atoms with Crippen molar-refractivity contribution in [3.05, 3.63) is 53.4 Å². The molecule has 0 saturated carbocycles. The highest BCUT2D eigenvalue weighted by molar-refractivity contribution is 5.89. The molecular formula is C23H27N3O5. The summed E-state index contributed by atoms with van der Waals surface area (Å²) in [4.78, 5) is 37.6. The Morgan fingerprint density at radius 2 is 1.81 bits per heavy atom. The third-order valence-electron chi connectivity index (χ3n) is 5.45. The van der Waals surface area contributed by atoms with E-state index in [1.165, 1.54) is 13.2 Å². The van der Waals surface area contributed by atoms with Crippen molar-refractivity contribution in [2.75, 3.05) is 26.8 Å². The van der Waals surface area contributed by atoms with Crippen LogP contribution in [0.25, 0.3) is 11.8 Å². The molecule has 0 N–H and O–H groups in total. The third-order valence-corrected chi connectivity index (χ3v) is 5.45. The molecule has 0 unspecified atom stereocenters.